The van der Waals surface area contributed by atoms with Gasteiger partial charge < -0.3 is 24.1 Å². The van der Waals surface area contributed by atoms with Gasteiger partial charge in [0.1, 0.15) is 22.6 Å². The van der Waals surface area contributed by atoms with Gasteiger partial charge in [0.05, 0.1) is 19.7 Å². The van der Waals surface area contributed by atoms with Crippen molar-refractivity contribution in [3.05, 3.63) is 100 Å². The van der Waals surface area contributed by atoms with Gasteiger partial charge in [-0.1, -0.05) is 12.1 Å². The molecule has 0 spiro atoms. The number of methoxy groups -OCH3 is 2. The first-order valence-corrected chi connectivity index (χ1v) is 13.3. The molecule has 1 aliphatic rings. The van der Waals surface area contributed by atoms with Gasteiger partial charge in [-0.25, -0.2) is 9.37 Å². The fourth-order valence-corrected chi connectivity index (χ4v) is 4.89. The lowest BCUT2D eigenvalue weighted by Crippen LogP contribution is -2.26. The number of aromatic nitrogens is 3. The standard InChI is InChI=1S/C32H27FN4O5/c1-18-28(19-4-6-20(33)7-5-19)30(38)24(17-37(18)22-10-11-22)31(39)35-21-8-12-23(13-9-21)42-26-14-15-34-25-16-27(40-2)32(41-3)36-29(25)26/h4-9,12-17,22H,10-11H2,1-3H3,(H,35,39). The molecule has 212 valence electrons. The highest BCUT2D eigenvalue weighted by molar-refractivity contribution is 6.04. The minimum absolute atomic E-state index is 0.0193. The monoisotopic (exact) mass is 566 g/mol. The number of pyridine rings is 3. The van der Waals surface area contributed by atoms with E-state index in [1.807, 2.05) is 11.5 Å². The molecule has 10 heteroatoms. The highest BCUT2D eigenvalue weighted by Gasteiger charge is 2.28. The third-order valence-corrected chi connectivity index (χ3v) is 7.17. The second-order valence-corrected chi connectivity index (χ2v) is 9.93. The van der Waals surface area contributed by atoms with Crippen LogP contribution in [0, 0.1) is 12.7 Å². The SMILES string of the molecule is COc1cc2nccc(Oc3ccc(NC(=O)c4cn(C5CC5)c(C)c(-c5ccc(F)cc5)c4=O)cc3)c2nc1OC. The summed E-state index contributed by atoms with van der Waals surface area (Å²) in [6.45, 7) is 1.85. The van der Waals surface area contributed by atoms with E-state index in [1.165, 1.54) is 26.4 Å². The Bertz CT molecular complexity index is 1870. The van der Waals surface area contributed by atoms with E-state index in [9.17, 15) is 14.0 Å². The van der Waals surface area contributed by atoms with Gasteiger partial charge in [0, 0.05) is 47.5 Å². The Morgan fingerprint density at radius 3 is 2.40 bits per heavy atom. The summed E-state index contributed by atoms with van der Waals surface area (Å²) in [6.07, 6.45) is 5.17. The molecule has 3 heterocycles. The Balaban J connectivity index is 1.26. The molecule has 2 aromatic carbocycles. The smallest absolute Gasteiger partial charge is 0.261 e. The summed E-state index contributed by atoms with van der Waals surface area (Å²) in [5.74, 6) is 0.802. The number of ether oxygens (including phenoxy) is 3. The number of nitrogens with one attached hydrogen (secondary N) is 1. The van der Waals surface area contributed by atoms with Crippen LogP contribution in [0.3, 0.4) is 0 Å². The first-order chi connectivity index (χ1) is 20.4. The number of anilines is 1. The molecule has 9 nitrogen and oxygen atoms in total. The van der Waals surface area contributed by atoms with Gasteiger partial charge in [0.25, 0.3) is 11.8 Å². The topological polar surface area (TPSA) is 105 Å². The second-order valence-electron chi connectivity index (χ2n) is 9.93. The number of amides is 1. The van der Waals surface area contributed by atoms with Crippen LogP contribution < -0.4 is 25.0 Å². The van der Waals surface area contributed by atoms with E-state index < -0.39 is 17.2 Å². The maximum Gasteiger partial charge on any atom is 0.261 e. The van der Waals surface area contributed by atoms with Crippen molar-refractivity contribution >= 4 is 22.6 Å². The molecule has 0 radical (unpaired) electrons. The molecule has 1 saturated carbocycles. The maximum atomic E-state index is 13.6. The number of halogens is 1. The summed E-state index contributed by atoms with van der Waals surface area (Å²) in [5.41, 5.74) is 2.88. The fourth-order valence-electron chi connectivity index (χ4n) is 4.89. The molecule has 1 N–H and O–H groups in total. The summed E-state index contributed by atoms with van der Waals surface area (Å²) in [4.78, 5) is 35.7. The van der Waals surface area contributed by atoms with Gasteiger partial charge >= 0.3 is 0 Å². The Hall–Kier alpha value is -5.25. The Morgan fingerprint density at radius 2 is 1.74 bits per heavy atom. The molecule has 3 aromatic heterocycles. The Labute approximate surface area is 240 Å². The predicted molar refractivity (Wildman–Crippen MR) is 156 cm³/mol. The van der Waals surface area contributed by atoms with Crippen LogP contribution in [0.1, 0.15) is 34.9 Å². The van der Waals surface area contributed by atoms with Gasteiger partial charge in [-0.3, -0.25) is 14.6 Å². The van der Waals surface area contributed by atoms with E-state index >= 15 is 0 Å². The summed E-state index contributed by atoms with van der Waals surface area (Å²) < 4.78 is 32.3. The normalized spacial score (nSPS) is 12.7. The Kier molecular flexibility index (Phi) is 7.03. The van der Waals surface area contributed by atoms with Crippen molar-refractivity contribution in [2.75, 3.05) is 19.5 Å². The molecule has 1 aliphatic carbocycles. The highest BCUT2D eigenvalue weighted by Crippen LogP contribution is 2.38. The second kappa shape index (κ2) is 11.0. The predicted octanol–water partition coefficient (Wildman–Crippen LogP) is 6.30. The van der Waals surface area contributed by atoms with Crippen LogP contribution in [0.2, 0.25) is 0 Å². The van der Waals surface area contributed by atoms with Crippen molar-refractivity contribution in [1.29, 1.82) is 0 Å². The number of rotatable bonds is 8. The van der Waals surface area contributed by atoms with E-state index in [0.29, 0.717) is 51.0 Å². The molecule has 1 amide bonds. The number of hydrogen-bond donors (Lipinski definition) is 1. The van der Waals surface area contributed by atoms with Gasteiger partial charge in [0.2, 0.25) is 5.43 Å². The molecule has 0 aliphatic heterocycles. The largest absolute Gasteiger partial charge is 0.491 e. The average Bonchev–Trinajstić information content (AvgIpc) is 3.84. The van der Waals surface area contributed by atoms with Crippen LogP contribution in [-0.2, 0) is 0 Å². The third-order valence-electron chi connectivity index (χ3n) is 7.17. The van der Waals surface area contributed by atoms with Crippen molar-refractivity contribution in [2.45, 2.75) is 25.8 Å². The summed E-state index contributed by atoms with van der Waals surface area (Å²) in [7, 11) is 3.03. The average molecular weight is 567 g/mol. The summed E-state index contributed by atoms with van der Waals surface area (Å²) >= 11 is 0. The number of carbonyl (C=O) groups excluding carboxylic acids is 1. The molecule has 5 aromatic rings. The zero-order valence-corrected chi connectivity index (χ0v) is 23.2. The first-order valence-electron chi connectivity index (χ1n) is 13.3. The van der Waals surface area contributed by atoms with Crippen molar-refractivity contribution in [2.24, 2.45) is 0 Å². The Morgan fingerprint density at radius 1 is 1.00 bits per heavy atom. The number of fused-ring (bicyclic) bond motifs is 1. The maximum absolute atomic E-state index is 13.6. The molecule has 42 heavy (non-hydrogen) atoms. The van der Waals surface area contributed by atoms with Gasteiger partial charge in [-0.2, -0.15) is 0 Å². The number of benzene rings is 2. The minimum Gasteiger partial charge on any atom is -0.491 e. The van der Waals surface area contributed by atoms with Crippen LogP contribution in [-0.4, -0.2) is 34.7 Å². The van der Waals surface area contributed by atoms with Crippen LogP contribution in [0.25, 0.3) is 22.2 Å². The summed E-state index contributed by atoms with van der Waals surface area (Å²) in [5, 5.41) is 2.82. The van der Waals surface area contributed by atoms with Gasteiger partial charge in [-0.05, 0) is 61.7 Å². The minimum atomic E-state index is -0.531. The quantitative estimate of drug-likeness (QED) is 0.235. The number of nitrogens with zero attached hydrogens (tertiary/aromatic N) is 3. The summed E-state index contributed by atoms with van der Waals surface area (Å²) in [6, 6.07) is 16.1. The third kappa shape index (κ3) is 5.14. The van der Waals surface area contributed by atoms with Crippen molar-refractivity contribution in [3.63, 3.8) is 0 Å². The number of hydrogen-bond acceptors (Lipinski definition) is 7. The molecular formula is C32H27FN4O5. The molecule has 6 rings (SSSR count). The van der Waals surface area contributed by atoms with Crippen molar-refractivity contribution in [3.8, 4) is 34.3 Å². The van der Waals surface area contributed by atoms with E-state index in [4.69, 9.17) is 14.2 Å². The molecule has 0 atom stereocenters. The van der Waals surface area contributed by atoms with Crippen LogP contribution in [0.15, 0.2) is 77.9 Å². The van der Waals surface area contributed by atoms with Crippen LogP contribution in [0.5, 0.6) is 23.1 Å². The fraction of sp³-hybridized carbons (Fsp3) is 0.188. The van der Waals surface area contributed by atoms with Crippen molar-refractivity contribution in [1.82, 2.24) is 14.5 Å². The lowest BCUT2D eigenvalue weighted by atomic mass is 10.0. The zero-order chi connectivity index (χ0) is 29.4. The highest BCUT2D eigenvalue weighted by atomic mass is 19.1. The molecule has 0 unspecified atom stereocenters. The van der Waals surface area contributed by atoms with Crippen molar-refractivity contribution < 1.29 is 23.4 Å². The van der Waals surface area contributed by atoms with E-state index in [-0.39, 0.29) is 11.6 Å². The van der Waals surface area contributed by atoms with E-state index in [2.05, 4.69) is 15.3 Å². The lowest BCUT2D eigenvalue weighted by Gasteiger charge is -2.17. The molecule has 0 bridgehead atoms. The zero-order valence-electron chi connectivity index (χ0n) is 23.2. The van der Waals surface area contributed by atoms with Crippen LogP contribution in [0.4, 0.5) is 10.1 Å². The van der Waals surface area contributed by atoms with E-state index in [0.717, 1.165) is 18.5 Å². The van der Waals surface area contributed by atoms with Gasteiger partial charge in [0.15, 0.2) is 11.5 Å². The molecular weight excluding hydrogens is 539 g/mol. The van der Waals surface area contributed by atoms with E-state index in [1.54, 1.807) is 60.9 Å². The van der Waals surface area contributed by atoms with Crippen LogP contribution >= 0.6 is 0 Å². The molecule has 0 saturated heterocycles. The first kappa shape index (κ1) is 26.9. The van der Waals surface area contributed by atoms with Gasteiger partial charge in [-0.15, -0.1) is 0 Å². The number of carbonyl (C=O) groups is 1. The lowest BCUT2D eigenvalue weighted by molar-refractivity contribution is 0.102. The molecule has 1 fully saturated rings.